The van der Waals surface area contributed by atoms with E-state index < -0.39 is 0 Å². The van der Waals surface area contributed by atoms with Crippen LogP contribution in [0.25, 0.3) is 0 Å². The van der Waals surface area contributed by atoms with Crippen LogP contribution in [0.3, 0.4) is 0 Å². The van der Waals surface area contributed by atoms with Crippen molar-refractivity contribution in [2.75, 3.05) is 7.11 Å². The van der Waals surface area contributed by atoms with Gasteiger partial charge in [0.1, 0.15) is 5.69 Å². The van der Waals surface area contributed by atoms with Gasteiger partial charge in [0, 0.05) is 6.20 Å². The van der Waals surface area contributed by atoms with E-state index in [1.807, 2.05) is 6.07 Å². The van der Waals surface area contributed by atoms with Crippen LogP contribution in [0, 0.1) is 16.7 Å². The third-order valence-corrected chi connectivity index (χ3v) is 1.33. The fourth-order valence-corrected chi connectivity index (χ4v) is 0.729. The van der Waals surface area contributed by atoms with Crippen LogP contribution in [0.5, 0.6) is 0 Å². The van der Waals surface area contributed by atoms with Gasteiger partial charge >= 0.3 is 0 Å². The van der Waals surface area contributed by atoms with Gasteiger partial charge in [0.25, 0.3) is 0 Å². The Labute approximate surface area is 69.9 Å². The molecule has 12 heavy (non-hydrogen) atoms. The van der Waals surface area contributed by atoms with Crippen molar-refractivity contribution in [2.45, 2.75) is 0 Å². The minimum Gasteiger partial charge on any atom is -0.480 e. The lowest BCUT2D eigenvalue weighted by molar-refractivity contribution is 0.399. The zero-order valence-corrected chi connectivity index (χ0v) is 6.53. The van der Waals surface area contributed by atoms with Crippen LogP contribution in [0.15, 0.2) is 18.3 Å². The topological polar surface area (TPSA) is 69.8 Å². The summed E-state index contributed by atoms with van der Waals surface area (Å²) in [4.78, 5) is 3.86. The van der Waals surface area contributed by atoms with Gasteiger partial charge in [-0.15, -0.1) is 0 Å². The smallest absolute Gasteiger partial charge is 0.232 e. The van der Waals surface area contributed by atoms with Crippen molar-refractivity contribution in [3.05, 3.63) is 29.6 Å². The van der Waals surface area contributed by atoms with Gasteiger partial charge in [0.2, 0.25) is 5.90 Å². The molecule has 0 aliphatic carbocycles. The Morgan fingerprint density at radius 3 is 3.08 bits per heavy atom. The van der Waals surface area contributed by atoms with E-state index in [9.17, 15) is 0 Å². The Bertz CT molecular complexity index is 340. The summed E-state index contributed by atoms with van der Waals surface area (Å²) in [5, 5.41) is 15.8. The molecule has 0 saturated carbocycles. The number of nitriles is 1. The van der Waals surface area contributed by atoms with E-state index in [4.69, 9.17) is 10.7 Å². The predicted octanol–water partition coefficient (Wildman–Crippen LogP) is 0.925. The van der Waals surface area contributed by atoms with Gasteiger partial charge in [0.15, 0.2) is 0 Å². The summed E-state index contributed by atoms with van der Waals surface area (Å²) >= 11 is 0. The summed E-state index contributed by atoms with van der Waals surface area (Å²) in [5.41, 5.74) is 0.846. The van der Waals surface area contributed by atoms with E-state index in [2.05, 4.69) is 9.72 Å². The number of pyridine rings is 1. The van der Waals surface area contributed by atoms with Crippen molar-refractivity contribution in [2.24, 2.45) is 0 Å². The summed E-state index contributed by atoms with van der Waals surface area (Å²) in [6, 6.07) is 5.04. The molecule has 0 unspecified atom stereocenters. The lowest BCUT2D eigenvalue weighted by Gasteiger charge is -1.99. The molecule has 0 aliphatic heterocycles. The molecule has 0 aliphatic rings. The number of methoxy groups -OCH3 is 1. The molecule has 1 N–H and O–H groups in total. The van der Waals surface area contributed by atoms with Gasteiger partial charge in [-0.2, -0.15) is 5.26 Å². The van der Waals surface area contributed by atoms with Crippen molar-refractivity contribution in [1.29, 1.82) is 10.7 Å². The standard InChI is InChI=1S/C8H7N3O/c1-12-8(10)7-4-6(5-9)2-3-11-7/h2-4,10H,1H3. The second kappa shape index (κ2) is 3.49. The van der Waals surface area contributed by atoms with Crippen LogP contribution < -0.4 is 0 Å². The van der Waals surface area contributed by atoms with Gasteiger partial charge in [-0.05, 0) is 12.1 Å². The predicted molar refractivity (Wildman–Crippen MR) is 42.8 cm³/mol. The number of rotatable bonds is 1. The zero-order chi connectivity index (χ0) is 8.97. The van der Waals surface area contributed by atoms with Gasteiger partial charge < -0.3 is 4.74 Å². The summed E-state index contributed by atoms with van der Waals surface area (Å²) in [7, 11) is 1.39. The molecule has 0 atom stereocenters. The first-order chi connectivity index (χ1) is 5.77. The fourth-order valence-electron chi connectivity index (χ4n) is 0.729. The summed E-state index contributed by atoms with van der Waals surface area (Å²) in [5.74, 6) is -0.0351. The SMILES string of the molecule is COC(=N)c1cc(C#N)ccn1. The molecular formula is C8H7N3O. The second-order valence-corrected chi connectivity index (χ2v) is 2.07. The first-order valence-electron chi connectivity index (χ1n) is 3.27. The zero-order valence-electron chi connectivity index (χ0n) is 6.53. The number of hydrogen-bond acceptors (Lipinski definition) is 4. The van der Waals surface area contributed by atoms with E-state index in [0.717, 1.165) is 0 Å². The number of nitrogens with one attached hydrogen (secondary N) is 1. The van der Waals surface area contributed by atoms with Crippen molar-refractivity contribution in [3.8, 4) is 6.07 Å². The lowest BCUT2D eigenvalue weighted by atomic mass is 10.2. The minimum atomic E-state index is -0.0351. The molecule has 1 heterocycles. The first kappa shape index (κ1) is 8.21. The normalized spacial score (nSPS) is 8.67. The van der Waals surface area contributed by atoms with E-state index in [-0.39, 0.29) is 5.90 Å². The van der Waals surface area contributed by atoms with E-state index in [0.29, 0.717) is 11.3 Å². The molecule has 60 valence electrons. The number of aromatic nitrogens is 1. The van der Waals surface area contributed by atoms with Crippen molar-refractivity contribution in [1.82, 2.24) is 4.98 Å². The molecule has 0 saturated heterocycles. The number of ether oxygens (including phenoxy) is 1. The summed E-state index contributed by atoms with van der Waals surface area (Å²) in [6.07, 6.45) is 1.47. The molecule has 0 amide bonds. The third-order valence-electron chi connectivity index (χ3n) is 1.33. The molecule has 1 aromatic heterocycles. The van der Waals surface area contributed by atoms with E-state index in [1.165, 1.54) is 19.4 Å². The minimum absolute atomic E-state index is 0.0351. The molecule has 0 radical (unpaired) electrons. The van der Waals surface area contributed by atoms with Gasteiger partial charge in [-0.3, -0.25) is 10.4 Å². The largest absolute Gasteiger partial charge is 0.480 e. The number of hydrogen-bond donors (Lipinski definition) is 1. The van der Waals surface area contributed by atoms with Crippen LogP contribution in [0.4, 0.5) is 0 Å². The third kappa shape index (κ3) is 1.58. The molecule has 0 spiro atoms. The Kier molecular flexibility index (Phi) is 2.38. The summed E-state index contributed by atoms with van der Waals surface area (Å²) in [6.45, 7) is 0. The molecule has 0 aromatic carbocycles. The molecule has 4 nitrogen and oxygen atoms in total. The average Bonchev–Trinajstić information content (AvgIpc) is 2.17. The van der Waals surface area contributed by atoms with Gasteiger partial charge in [-0.1, -0.05) is 0 Å². The Hall–Kier alpha value is -1.89. The van der Waals surface area contributed by atoms with E-state index >= 15 is 0 Å². The highest BCUT2D eigenvalue weighted by Crippen LogP contribution is 2.00. The second-order valence-electron chi connectivity index (χ2n) is 2.07. The van der Waals surface area contributed by atoms with Crippen LogP contribution >= 0.6 is 0 Å². The van der Waals surface area contributed by atoms with E-state index in [1.54, 1.807) is 6.07 Å². The van der Waals surface area contributed by atoms with Crippen molar-refractivity contribution >= 4 is 5.90 Å². The average molecular weight is 161 g/mol. The molecule has 1 rings (SSSR count). The van der Waals surface area contributed by atoms with Crippen molar-refractivity contribution < 1.29 is 4.74 Å². The fraction of sp³-hybridized carbons (Fsp3) is 0.125. The summed E-state index contributed by atoms with van der Waals surface area (Å²) < 4.78 is 4.65. The maximum Gasteiger partial charge on any atom is 0.232 e. The van der Waals surface area contributed by atoms with Gasteiger partial charge in [-0.25, -0.2) is 0 Å². The molecule has 0 fully saturated rings. The lowest BCUT2D eigenvalue weighted by Crippen LogP contribution is -2.03. The highest BCUT2D eigenvalue weighted by molar-refractivity contribution is 5.89. The van der Waals surface area contributed by atoms with Gasteiger partial charge in [0.05, 0.1) is 18.7 Å². The Balaban J connectivity index is 3.04. The quantitative estimate of drug-likeness (QED) is 0.492. The number of nitrogens with zero attached hydrogens (tertiary/aromatic N) is 2. The molecular weight excluding hydrogens is 154 g/mol. The van der Waals surface area contributed by atoms with Crippen LogP contribution in [0.2, 0.25) is 0 Å². The van der Waals surface area contributed by atoms with Crippen LogP contribution in [-0.4, -0.2) is 18.0 Å². The Morgan fingerprint density at radius 2 is 2.50 bits per heavy atom. The molecule has 4 heteroatoms. The molecule has 0 bridgehead atoms. The highest BCUT2D eigenvalue weighted by atomic mass is 16.5. The maximum absolute atomic E-state index is 8.53. The molecule has 1 aromatic rings. The Morgan fingerprint density at radius 1 is 1.75 bits per heavy atom. The monoisotopic (exact) mass is 161 g/mol. The first-order valence-corrected chi connectivity index (χ1v) is 3.27. The van der Waals surface area contributed by atoms with Crippen LogP contribution in [0.1, 0.15) is 11.3 Å². The van der Waals surface area contributed by atoms with Crippen LogP contribution in [-0.2, 0) is 4.74 Å². The highest BCUT2D eigenvalue weighted by Gasteiger charge is 2.02. The maximum atomic E-state index is 8.53. The van der Waals surface area contributed by atoms with Crippen molar-refractivity contribution in [3.63, 3.8) is 0 Å².